The van der Waals surface area contributed by atoms with Gasteiger partial charge >= 0.3 is 5.97 Å². The van der Waals surface area contributed by atoms with Gasteiger partial charge in [0, 0.05) is 6.20 Å². The summed E-state index contributed by atoms with van der Waals surface area (Å²) in [6.07, 6.45) is 1.37. The first-order valence-electron chi connectivity index (χ1n) is 5.08. The predicted molar refractivity (Wildman–Crippen MR) is 66.1 cm³/mol. The van der Waals surface area contributed by atoms with Crippen molar-refractivity contribution in [3.05, 3.63) is 24.4 Å². The maximum Gasteiger partial charge on any atom is 0.320 e. The lowest BCUT2D eigenvalue weighted by Gasteiger charge is -2.07. The molecule has 1 aromatic heterocycles. The number of pyridine rings is 1. The molecule has 0 fully saturated rings. The molecule has 0 amide bonds. The molecule has 0 saturated heterocycles. The average Bonchev–Trinajstić information content (AvgIpc) is 2.28. The van der Waals surface area contributed by atoms with E-state index in [4.69, 9.17) is 16.0 Å². The lowest BCUT2D eigenvalue weighted by molar-refractivity contribution is -0.139. The summed E-state index contributed by atoms with van der Waals surface area (Å²) in [7, 11) is -3.61. The second-order valence-electron chi connectivity index (χ2n) is 3.82. The number of carboxylic acid groups (broad SMARTS) is 1. The molecule has 1 atom stereocenters. The van der Waals surface area contributed by atoms with Gasteiger partial charge in [-0.1, -0.05) is 19.9 Å². The zero-order chi connectivity index (χ0) is 14.3. The largest absolute Gasteiger partial charge is 0.480 e. The van der Waals surface area contributed by atoms with E-state index in [2.05, 4.69) is 4.98 Å². The van der Waals surface area contributed by atoms with Gasteiger partial charge in [0.1, 0.15) is 6.04 Å². The molecule has 18 heavy (non-hydrogen) atoms. The van der Waals surface area contributed by atoms with Gasteiger partial charge in [0.2, 0.25) is 0 Å². The van der Waals surface area contributed by atoms with Crippen molar-refractivity contribution in [3.63, 3.8) is 0 Å². The molecule has 0 saturated carbocycles. The summed E-state index contributed by atoms with van der Waals surface area (Å²) in [4.78, 5) is 13.6. The molecule has 1 rings (SSSR count). The Morgan fingerprint density at radius 3 is 2.11 bits per heavy atom. The summed E-state index contributed by atoms with van der Waals surface area (Å²) < 4.78 is 21.1. The van der Waals surface area contributed by atoms with Crippen molar-refractivity contribution in [2.75, 3.05) is 0 Å². The molecule has 5 N–H and O–H groups in total. The number of hydrogen-bond acceptors (Lipinski definition) is 5. The summed E-state index contributed by atoms with van der Waals surface area (Å²) in [6, 6.07) is 3.81. The Morgan fingerprint density at radius 2 is 1.94 bits per heavy atom. The van der Waals surface area contributed by atoms with Crippen LogP contribution in [0.2, 0.25) is 0 Å². The third-order valence-electron chi connectivity index (χ3n) is 1.93. The van der Waals surface area contributed by atoms with Gasteiger partial charge < -0.3 is 10.8 Å². The van der Waals surface area contributed by atoms with E-state index < -0.39 is 22.0 Å². The van der Waals surface area contributed by atoms with Crippen LogP contribution in [0, 0.1) is 5.92 Å². The zero-order valence-corrected chi connectivity index (χ0v) is 11.0. The summed E-state index contributed by atoms with van der Waals surface area (Å²) in [5, 5.41) is 12.9. The second kappa shape index (κ2) is 7.04. The molecule has 0 aromatic carbocycles. The third-order valence-corrected chi connectivity index (χ3v) is 2.76. The van der Waals surface area contributed by atoms with Gasteiger partial charge in [-0.15, -0.1) is 0 Å². The standard InChI is InChI=1S/C5H6N2O2S.C5H11NO2/c6-10(8,9)5-3-1-2-4-7-5;1-3(2)4(6)5(7)8/h1-4H,(H2,6,8,9);3-4H,6H2,1-2H3,(H,7,8)/t;4-/m.0/s1. The molecule has 0 bridgehead atoms. The minimum atomic E-state index is -3.61. The first kappa shape index (κ1) is 16.5. The molecule has 0 radical (unpaired) electrons. The number of nitrogens with zero attached hydrogens (tertiary/aromatic N) is 1. The van der Waals surface area contributed by atoms with Crippen molar-refractivity contribution in [1.82, 2.24) is 4.98 Å². The van der Waals surface area contributed by atoms with Gasteiger partial charge in [-0.25, -0.2) is 18.5 Å². The zero-order valence-electron chi connectivity index (χ0n) is 10.1. The van der Waals surface area contributed by atoms with Crippen LogP contribution in [0.4, 0.5) is 0 Å². The first-order chi connectivity index (χ1) is 8.16. The van der Waals surface area contributed by atoms with Crippen molar-refractivity contribution in [3.8, 4) is 0 Å². The highest BCUT2D eigenvalue weighted by molar-refractivity contribution is 7.89. The number of hydrogen-bond donors (Lipinski definition) is 3. The topological polar surface area (TPSA) is 136 Å². The Morgan fingerprint density at radius 1 is 1.39 bits per heavy atom. The van der Waals surface area contributed by atoms with Crippen LogP contribution in [0.1, 0.15) is 13.8 Å². The monoisotopic (exact) mass is 275 g/mol. The van der Waals surface area contributed by atoms with E-state index in [1.54, 1.807) is 26.0 Å². The quantitative estimate of drug-likeness (QED) is 0.697. The molecule has 1 aromatic rings. The van der Waals surface area contributed by atoms with Crippen LogP contribution in [0.25, 0.3) is 0 Å². The SMILES string of the molecule is CC(C)[C@H](N)C(=O)O.NS(=O)(=O)c1ccccn1. The van der Waals surface area contributed by atoms with E-state index in [1.165, 1.54) is 12.3 Å². The fourth-order valence-corrected chi connectivity index (χ4v) is 1.28. The van der Waals surface area contributed by atoms with Crippen LogP contribution in [-0.2, 0) is 14.8 Å². The number of aromatic nitrogens is 1. The lowest BCUT2D eigenvalue weighted by Crippen LogP contribution is -2.34. The van der Waals surface area contributed by atoms with E-state index in [-0.39, 0.29) is 10.9 Å². The Hall–Kier alpha value is -1.51. The normalized spacial score (nSPS) is 12.5. The highest BCUT2D eigenvalue weighted by atomic mass is 32.2. The number of rotatable bonds is 3. The van der Waals surface area contributed by atoms with Crippen molar-refractivity contribution in [1.29, 1.82) is 0 Å². The molecule has 0 unspecified atom stereocenters. The number of primary sulfonamides is 1. The summed E-state index contributed by atoms with van der Waals surface area (Å²) in [5.41, 5.74) is 5.16. The number of sulfonamides is 1. The first-order valence-corrected chi connectivity index (χ1v) is 6.63. The fourth-order valence-electron chi connectivity index (χ4n) is 0.801. The molecule has 0 aliphatic heterocycles. The van der Waals surface area contributed by atoms with E-state index >= 15 is 0 Å². The number of carboxylic acids is 1. The molecule has 102 valence electrons. The van der Waals surface area contributed by atoms with Crippen molar-refractivity contribution < 1.29 is 18.3 Å². The highest BCUT2D eigenvalue weighted by Gasteiger charge is 2.14. The van der Waals surface area contributed by atoms with Gasteiger partial charge in [0.25, 0.3) is 10.0 Å². The number of carbonyl (C=O) groups is 1. The lowest BCUT2D eigenvalue weighted by atomic mass is 10.1. The molecule has 0 aliphatic carbocycles. The maximum absolute atomic E-state index is 10.5. The summed E-state index contributed by atoms with van der Waals surface area (Å²) in [5.74, 6) is -0.910. The molecular weight excluding hydrogens is 258 g/mol. The Labute approximate surface area is 106 Å². The van der Waals surface area contributed by atoms with Gasteiger partial charge in [-0.2, -0.15) is 0 Å². The average molecular weight is 275 g/mol. The fraction of sp³-hybridized carbons (Fsp3) is 0.400. The minimum Gasteiger partial charge on any atom is -0.480 e. The summed E-state index contributed by atoms with van der Waals surface area (Å²) in [6.45, 7) is 3.55. The van der Waals surface area contributed by atoms with Gasteiger partial charge in [-0.3, -0.25) is 4.79 Å². The van der Waals surface area contributed by atoms with Crippen molar-refractivity contribution in [2.45, 2.75) is 24.9 Å². The Bertz CT molecular complexity index is 473. The minimum absolute atomic E-state index is 0.0208. The number of nitrogens with two attached hydrogens (primary N) is 2. The summed E-state index contributed by atoms with van der Waals surface area (Å²) >= 11 is 0. The van der Waals surface area contributed by atoms with Crippen LogP contribution in [0.15, 0.2) is 29.4 Å². The van der Waals surface area contributed by atoms with E-state index in [9.17, 15) is 13.2 Å². The van der Waals surface area contributed by atoms with Crippen molar-refractivity contribution >= 4 is 16.0 Å². The predicted octanol–water partition coefficient (Wildman–Crippen LogP) is -0.217. The molecule has 1 heterocycles. The Balaban J connectivity index is 0.000000331. The Kier molecular flexibility index (Phi) is 6.45. The highest BCUT2D eigenvalue weighted by Crippen LogP contribution is 1.98. The van der Waals surface area contributed by atoms with Crippen LogP contribution in [-0.4, -0.2) is 30.5 Å². The van der Waals surface area contributed by atoms with E-state index in [0.29, 0.717) is 0 Å². The van der Waals surface area contributed by atoms with Crippen molar-refractivity contribution in [2.24, 2.45) is 16.8 Å². The molecular formula is C10H17N3O4S. The van der Waals surface area contributed by atoms with Crippen LogP contribution >= 0.6 is 0 Å². The molecule has 0 spiro atoms. The number of aliphatic carboxylic acids is 1. The van der Waals surface area contributed by atoms with Gasteiger partial charge in [0.15, 0.2) is 5.03 Å². The van der Waals surface area contributed by atoms with E-state index in [0.717, 1.165) is 0 Å². The maximum atomic E-state index is 10.5. The second-order valence-corrected chi connectivity index (χ2v) is 5.33. The van der Waals surface area contributed by atoms with Gasteiger partial charge in [0.05, 0.1) is 0 Å². The third kappa shape index (κ3) is 6.28. The van der Waals surface area contributed by atoms with E-state index in [1.807, 2.05) is 0 Å². The van der Waals surface area contributed by atoms with Gasteiger partial charge in [-0.05, 0) is 18.1 Å². The van der Waals surface area contributed by atoms with Crippen LogP contribution in [0.3, 0.4) is 0 Å². The molecule has 0 aliphatic rings. The smallest absolute Gasteiger partial charge is 0.320 e. The van der Waals surface area contributed by atoms with Crippen LogP contribution < -0.4 is 10.9 Å². The molecule has 8 heteroatoms. The van der Waals surface area contributed by atoms with Crippen LogP contribution in [0.5, 0.6) is 0 Å². The molecule has 7 nitrogen and oxygen atoms in total.